The summed E-state index contributed by atoms with van der Waals surface area (Å²) in [6.07, 6.45) is 3.63. The maximum Gasteiger partial charge on any atom is 0.242 e. The van der Waals surface area contributed by atoms with Gasteiger partial charge in [0.15, 0.2) is 0 Å². The highest BCUT2D eigenvalue weighted by atomic mass is 35.5. The van der Waals surface area contributed by atoms with Gasteiger partial charge in [0, 0.05) is 39.1 Å². The number of amides is 2. The molecule has 0 radical (unpaired) electrons. The van der Waals surface area contributed by atoms with Crippen LogP contribution in [0.15, 0.2) is 12.4 Å². The topological polar surface area (TPSA) is 70.5 Å². The molecule has 22 heavy (non-hydrogen) atoms. The normalized spacial score (nSPS) is 21.9. The van der Waals surface area contributed by atoms with Gasteiger partial charge in [0.05, 0.1) is 11.6 Å². The smallest absolute Gasteiger partial charge is 0.242 e. The Morgan fingerprint density at radius 3 is 3.00 bits per heavy atom. The first kappa shape index (κ1) is 17.1. The van der Waals surface area contributed by atoms with Crippen molar-refractivity contribution in [2.45, 2.75) is 6.04 Å². The minimum absolute atomic E-state index is 0. The Balaban J connectivity index is 0.00000176. The molecular weight excluding hydrogens is 326 g/mol. The number of carbonyl (C=O) groups is 2. The third kappa shape index (κ3) is 3.39. The highest BCUT2D eigenvalue weighted by Crippen LogP contribution is 2.22. The number of hydrogen-bond donors (Lipinski definition) is 1. The molecular formula is C13H20ClN5O2S. The molecule has 1 atom stereocenters. The number of thioether (sulfide) groups is 1. The molecule has 0 bridgehead atoms. The summed E-state index contributed by atoms with van der Waals surface area (Å²) in [4.78, 5) is 32.1. The largest absolute Gasteiger partial charge is 0.336 e. The van der Waals surface area contributed by atoms with Crippen molar-refractivity contribution in [1.29, 1.82) is 0 Å². The lowest BCUT2D eigenvalue weighted by atomic mass is 10.1. The molecule has 0 aromatic carbocycles. The molecule has 1 aromatic heterocycles. The van der Waals surface area contributed by atoms with Crippen LogP contribution in [0, 0.1) is 0 Å². The fourth-order valence-electron chi connectivity index (χ4n) is 2.73. The summed E-state index contributed by atoms with van der Waals surface area (Å²) in [5.41, 5.74) is 0. The van der Waals surface area contributed by atoms with E-state index in [-0.39, 0.29) is 36.8 Å². The van der Waals surface area contributed by atoms with Crippen molar-refractivity contribution in [2.75, 3.05) is 37.8 Å². The predicted molar refractivity (Wildman–Crippen MR) is 86.8 cm³/mol. The van der Waals surface area contributed by atoms with E-state index in [2.05, 4.69) is 10.3 Å². The summed E-state index contributed by atoms with van der Waals surface area (Å²) in [7, 11) is 1.93. The van der Waals surface area contributed by atoms with E-state index in [1.54, 1.807) is 22.9 Å². The summed E-state index contributed by atoms with van der Waals surface area (Å²) in [6, 6.07) is -0.0726. The summed E-state index contributed by atoms with van der Waals surface area (Å²) < 4.78 is 1.94. The van der Waals surface area contributed by atoms with Crippen molar-refractivity contribution in [3.05, 3.63) is 18.2 Å². The molecule has 2 fully saturated rings. The highest BCUT2D eigenvalue weighted by Gasteiger charge is 2.32. The Kier molecular flexibility index (Phi) is 5.71. The number of carbonyl (C=O) groups excluding carboxylic acids is 2. The van der Waals surface area contributed by atoms with Crippen molar-refractivity contribution < 1.29 is 9.59 Å². The standard InChI is InChI=1S/C13H19N5O2S.ClH/c1-16-4-3-15-13(16)10-6-14-2-5-18(10)11(19)7-17-9-21-8-12(17)20;/h3-4,10,14H,2,5-9H2,1H3;1H. The number of nitrogens with zero attached hydrogens (tertiary/aromatic N) is 4. The molecule has 3 rings (SSSR count). The second-order valence-electron chi connectivity index (χ2n) is 5.27. The number of imidazole rings is 1. The molecule has 9 heteroatoms. The molecule has 0 saturated carbocycles. The van der Waals surface area contributed by atoms with E-state index < -0.39 is 0 Å². The molecule has 1 N–H and O–H groups in total. The van der Waals surface area contributed by atoms with Gasteiger partial charge in [0.25, 0.3) is 0 Å². The van der Waals surface area contributed by atoms with Crippen LogP contribution in [0.4, 0.5) is 0 Å². The zero-order valence-corrected chi connectivity index (χ0v) is 14.0. The van der Waals surface area contributed by atoms with Crippen molar-refractivity contribution in [3.63, 3.8) is 0 Å². The van der Waals surface area contributed by atoms with E-state index in [1.807, 2.05) is 22.7 Å². The zero-order valence-electron chi connectivity index (χ0n) is 12.4. The number of aromatic nitrogens is 2. The second-order valence-corrected chi connectivity index (χ2v) is 6.23. The van der Waals surface area contributed by atoms with E-state index in [1.165, 1.54) is 0 Å². The second kappa shape index (κ2) is 7.34. The predicted octanol–water partition coefficient (Wildman–Crippen LogP) is -0.152. The van der Waals surface area contributed by atoms with E-state index in [4.69, 9.17) is 0 Å². The number of rotatable bonds is 3. The molecule has 1 aromatic rings. The van der Waals surface area contributed by atoms with Gasteiger partial charge in [-0.1, -0.05) is 0 Å². The van der Waals surface area contributed by atoms with Gasteiger partial charge < -0.3 is 19.7 Å². The van der Waals surface area contributed by atoms with Gasteiger partial charge in [-0.15, -0.1) is 24.2 Å². The first-order chi connectivity index (χ1) is 10.2. The van der Waals surface area contributed by atoms with Crippen LogP contribution in [0.1, 0.15) is 11.9 Å². The maximum absolute atomic E-state index is 12.6. The van der Waals surface area contributed by atoms with Crippen molar-refractivity contribution in [2.24, 2.45) is 7.05 Å². The van der Waals surface area contributed by atoms with Gasteiger partial charge >= 0.3 is 0 Å². The third-order valence-electron chi connectivity index (χ3n) is 3.87. The lowest BCUT2D eigenvalue weighted by Gasteiger charge is -2.36. The van der Waals surface area contributed by atoms with Gasteiger partial charge in [-0.2, -0.15) is 0 Å². The molecule has 3 heterocycles. The Bertz CT molecular complexity index is 552. The van der Waals surface area contributed by atoms with E-state index in [0.29, 0.717) is 24.7 Å². The Labute approximate surface area is 139 Å². The third-order valence-corrected chi connectivity index (χ3v) is 4.82. The Hall–Kier alpha value is -1.25. The van der Waals surface area contributed by atoms with Crippen LogP contribution in [0.5, 0.6) is 0 Å². The van der Waals surface area contributed by atoms with Crippen LogP contribution in [-0.2, 0) is 16.6 Å². The van der Waals surface area contributed by atoms with Crippen LogP contribution >= 0.6 is 24.2 Å². The lowest BCUT2D eigenvalue weighted by molar-refractivity contribution is -0.140. The summed E-state index contributed by atoms with van der Waals surface area (Å²) in [5.74, 6) is 2.02. The summed E-state index contributed by atoms with van der Waals surface area (Å²) in [5, 5.41) is 3.31. The Morgan fingerprint density at radius 2 is 2.36 bits per heavy atom. The van der Waals surface area contributed by atoms with Crippen molar-refractivity contribution >= 4 is 36.0 Å². The number of piperazine rings is 1. The van der Waals surface area contributed by atoms with Gasteiger partial charge in [-0.05, 0) is 0 Å². The van der Waals surface area contributed by atoms with Gasteiger partial charge in [0.2, 0.25) is 11.8 Å². The van der Waals surface area contributed by atoms with Crippen LogP contribution in [-0.4, -0.2) is 69.0 Å². The van der Waals surface area contributed by atoms with Gasteiger partial charge in [0.1, 0.15) is 18.4 Å². The number of hydrogen-bond acceptors (Lipinski definition) is 5. The summed E-state index contributed by atoms with van der Waals surface area (Å²) in [6.45, 7) is 2.28. The fourth-order valence-corrected chi connectivity index (χ4v) is 3.63. The molecule has 2 aliphatic heterocycles. The molecule has 0 spiro atoms. The maximum atomic E-state index is 12.6. The van der Waals surface area contributed by atoms with E-state index >= 15 is 0 Å². The molecule has 0 aliphatic carbocycles. The minimum atomic E-state index is -0.0726. The molecule has 2 saturated heterocycles. The quantitative estimate of drug-likeness (QED) is 0.825. The van der Waals surface area contributed by atoms with Crippen LogP contribution in [0.2, 0.25) is 0 Å². The van der Waals surface area contributed by atoms with Crippen LogP contribution in [0.25, 0.3) is 0 Å². The van der Waals surface area contributed by atoms with Gasteiger partial charge in [-0.25, -0.2) is 4.98 Å². The minimum Gasteiger partial charge on any atom is -0.336 e. The Morgan fingerprint density at radius 1 is 1.55 bits per heavy atom. The van der Waals surface area contributed by atoms with E-state index in [9.17, 15) is 9.59 Å². The average molecular weight is 346 g/mol. The highest BCUT2D eigenvalue weighted by molar-refractivity contribution is 8.00. The summed E-state index contributed by atoms with van der Waals surface area (Å²) >= 11 is 1.56. The van der Waals surface area contributed by atoms with Crippen molar-refractivity contribution in [3.8, 4) is 0 Å². The number of nitrogens with one attached hydrogen (secondary N) is 1. The molecule has 1 unspecified atom stereocenters. The van der Waals surface area contributed by atoms with E-state index in [0.717, 1.165) is 12.4 Å². The number of aryl methyl sites for hydroxylation is 1. The fraction of sp³-hybridized carbons (Fsp3) is 0.615. The molecule has 2 aliphatic rings. The SMILES string of the molecule is Cl.Cn1ccnc1C1CNCCN1C(=O)CN1CSCC1=O. The molecule has 7 nitrogen and oxygen atoms in total. The molecule has 122 valence electrons. The first-order valence-electron chi connectivity index (χ1n) is 6.99. The first-order valence-corrected chi connectivity index (χ1v) is 8.15. The van der Waals surface area contributed by atoms with Crippen LogP contribution < -0.4 is 5.32 Å². The van der Waals surface area contributed by atoms with Gasteiger partial charge in [-0.3, -0.25) is 9.59 Å². The lowest BCUT2D eigenvalue weighted by Crippen LogP contribution is -2.52. The zero-order chi connectivity index (χ0) is 14.8. The monoisotopic (exact) mass is 345 g/mol. The number of halogens is 1. The average Bonchev–Trinajstić information content (AvgIpc) is 3.08. The van der Waals surface area contributed by atoms with Crippen LogP contribution in [0.3, 0.4) is 0 Å². The van der Waals surface area contributed by atoms with Crippen molar-refractivity contribution in [1.82, 2.24) is 24.7 Å². The molecule has 2 amide bonds.